The van der Waals surface area contributed by atoms with Crippen molar-refractivity contribution in [2.24, 2.45) is 46.3 Å². The van der Waals surface area contributed by atoms with Gasteiger partial charge in [-0.05, 0) is 67.1 Å². The maximum atomic E-state index is 13.8. The maximum absolute atomic E-state index is 13.8. The van der Waals surface area contributed by atoms with Gasteiger partial charge in [0.1, 0.15) is 11.6 Å². The summed E-state index contributed by atoms with van der Waals surface area (Å²) in [6.07, 6.45) is 5.96. The zero-order valence-corrected chi connectivity index (χ0v) is 19.7. The summed E-state index contributed by atoms with van der Waals surface area (Å²) in [6.45, 7) is 7.72. The third-order valence-corrected chi connectivity index (χ3v) is 10.7. The van der Waals surface area contributed by atoms with E-state index in [9.17, 15) is 19.5 Å². The molecule has 1 heterocycles. The molecule has 0 radical (unpaired) electrons. The van der Waals surface area contributed by atoms with Crippen LogP contribution in [-0.4, -0.2) is 36.5 Å². The van der Waals surface area contributed by atoms with Crippen LogP contribution in [0.4, 0.5) is 0 Å². The standard InChI is InChI=1S/C26H38O6/c1-15(4-7-22(29)30)17-5-6-18-23-19(13-21(28)25(17,18)3)24(2)8-9-26(31-10-11-32-26)14-16(24)12-20(23)27/h15-19,23H,4-14H2,1-3H3,(H,29,30)/p-1/t15-,16+,17+,18+,19-,23+,24-,25+/m0/s1. The molecular formula is C26H37O6-. The van der Waals surface area contributed by atoms with E-state index in [1.165, 1.54) is 0 Å². The number of hydrogen-bond acceptors (Lipinski definition) is 6. The number of carbonyl (C=O) groups excluding carboxylic acids is 3. The molecule has 178 valence electrons. The molecule has 1 aliphatic heterocycles. The van der Waals surface area contributed by atoms with Crippen molar-refractivity contribution in [1.29, 1.82) is 0 Å². The lowest BCUT2D eigenvalue weighted by Gasteiger charge is -2.60. The fourth-order valence-electron chi connectivity index (χ4n) is 8.85. The summed E-state index contributed by atoms with van der Waals surface area (Å²) >= 11 is 0. The lowest BCUT2D eigenvalue weighted by molar-refractivity contribution is -0.306. The predicted octanol–water partition coefficient (Wildman–Crippen LogP) is 2.91. The van der Waals surface area contributed by atoms with E-state index >= 15 is 0 Å². The molecule has 0 unspecified atom stereocenters. The molecule has 1 saturated heterocycles. The van der Waals surface area contributed by atoms with E-state index < -0.39 is 17.2 Å². The second-order valence-corrected chi connectivity index (χ2v) is 11.9. The van der Waals surface area contributed by atoms with Gasteiger partial charge in [0.2, 0.25) is 0 Å². The number of carboxylic acids is 1. The number of carbonyl (C=O) groups is 3. The molecule has 0 N–H and O–H groups in total. The lowest BCUT2D eigenvalue weighted by atomic mass is 9.43. The highest BCUT2D eigenvalue weighted by atomic mass is 16.7. The van der Waals surface area contributed by atoms with E-state index in [0.29, 0.717) is 44.0 Å². The Morgan fingerprint density at radius 3 is 2.50 bits per heavy atom. The highest BCUT2D eigenvalue weighted by Gasteiger charge is 2.67. The first-order valence-electron chi connectivity index (χ1n) is 12.6. The zero-order chi connectivity index (χ0) is 22.9. The van der Waals surface area contributed by atoms with Gasteiger partial charge >= 0.3 is 0 Å². The fraction of sp³-hybridized carbons (Fsp3) is 0.885. The van der Waals surface area contributed by atoms with Crippen LogP contribution >= 0.6 is 0 Å². The molecular weight excluding hydrogens is 408 g/mol. The molecule has 6 heteroatoms. The molecule has 4 aliphatic carbocycles. The molecule has 0 aromatic rings. The van der Waals surface area contributed by atoms with Crippen LogP contribution < -0.4 is 5.11 Å². The molecule has 8 atom stereocenters. The average Bonchev–Trinajstić information content (AvgIpc) is 3.34. The van der Waals surface area contributed by atoms with E-state index in [0.717, 1.165) is 32.1 Å². The van der Waals surface area contributed by atoms with E-state index in [2.05, 4.69) is 20.8 Å². The first-order chi connectivity index (χ1) is 15.1. The van der Waals surface area contributed by atoms with Gasteiger partial charge in [-0.1, -0.05) is 20.8 Å². The van der Waals surface area contributed by atoms with Crippen molar-refractivity contribution in [3.63, 3.8) is 0 Å². The molecule has 0 amide bonds. The highest BCUT2D eigenvalue weighted by molar-refractivity contribution is 5.92. The van der Waals surface area contributed by atoms with Crippen molar-refractivity contribution in [2.45, 2.75) is 84.3 Å². The molecule has 5 fully saturated rings. The van der Waals surface area contributed by atoms with Crippen molar-refractivity contribution in [3.8, 4) is 0 Å². The van der Waals surface area contributed by atoms with Crippen molar-refractivity contribution in [1.82, 2.24) is 0 Å². The molecule has 0 aromatic carbocycles. The number of fused-ring (bicyclic) bond motifs is 5. The van der Waals surface area contributed by atoms with Gasteiger partial charge in [0, 0.05) is 43.0 Å². The van der Waals surface area contributed by atoms with Crippen LogP contribution in [0, 0.1) is 46.3 Å². The quantitative estimate of drug-likeness (QED) is 0.661. The smallest absolute Gasteiger partial charge is 0.168 e. The Balaban J connectivity index is 1.41. The van der Waals surface area contributed by atoms with Gasteiger partial charge in [0.05, 0.1) is 13.2 Å². The van der Waals surface area contributed by atoms with Crippen LogP contribution in [0.3, 0.4) is 0 Å². The third-order valence-electron chi connectivity index (χ3n) is 10.7. The number of aliphatic carboxylic acids is 1. The summed E-state index contributed by atoms with van der Waals surface area (Å²) in [5.74, 6) is -0.273. The second-order valence-electron chi connectivity index (χ2n) is 11.9. The topological polar surface area (TPSA) is 92.7 Å². The number of rotatable bonds is 4. The van der Waals surface area contributed by atoms with Crippen LogP contribution in [0.1, 0.15) is 78.6 Å². The summed E-state index contributed by atoms with van der Waals surface area (Å²) in [5.41, 5.74) is -0.548. The molecule has 1 spiro atoms. The van der Waals surface area contributed by atoms with E-state index in [4.69, 9.17) is 9.47 Å². The molecule has 5 rings (SSSR count). The second kappa shape index (κ2) is 7.63. The van der Waals surface area contributed by atoms with Crippen LogP contribution in [-0.2, 0) is 23.9 Å². The van der Waals surface area contributed by atoms with E-state index in [1.54, 1.807) is 0 Å². The average molecular weight is 446 g/mol. The van der Waals surface area contributed by atoms with Crippen LogP contribution in [0.5, 0.6) is 0 Å². The molecule has 5 aliphatic rings. The minimum atomic E-state index is -1.03. The number of hydrogen-bond donors (Lipinski definition) is 0. The SMILES string of the molecule is C[C@@H](CCC(=O)[O-])[C@H]1CC[C@@H]2[C@H]3C(=O)C[C@@H]4CC5(CC[C@]4(C)[C@H]3CC(=O)[C@@]21C)OCCO5. The molecule has 4 saturated carbocycles. The predicted molar refractivity (Wildman–Crippen MR) is 114 cm³/mol. The normalized spacial score (nSPS) is 45.9. The molecule has 32 heavy (non-hydrogen) atoms. The van der Waals surface area contributed by atoms with Crippen LogP contribution in [0.25, 0.3) is 0 Å². The van der Waals surface area contributed by atoms with Crippen molar-refractivity contribution >= 4 is 17.5 Å². The van der Waals surface area contributed by atoms with Gasteiger partial charge in [0.15, 0.2) is 5.79 Å². The summed E-state index contributed by atoms with van der Waals surface area (Å²) < 4.78 is 12.0. The first kappa shape index (κ1) is 22.5. The summed E-state index contributed by atoms with van der Waals surface area (Å²) in [7, 11) is 0. The minimum Gasteiger partial charge on any atom is -0.550 e. The van der Waals surface area contributed by atoms with E-state index in [1.807, 2.05) is 0 Å². The Morgan fingerprint density at radius 1 is 1.09 bits per heavy atom. The lowest BCUT2D eigenvalue weighted by Crippen LogP contribution is -2.61. The van der Waals surface area contributed by atoms with Gasteiger partial charge < -0.3 is 19.4 Å². The number of ether oxygens (including phenoxy) is 2. The summed E-state index contributed by atoms with van der Waals surface area (Å²) in [5, 5.41) is 11.0. The number of carboxylic acid groups (broad SMARTS) is 1. The van der Waals surface area contributed by atoms with E-state index in [-0.39, 0.29) is 47.3 Å². The Bertz CT molecular complexity index is 815. The minimum absolute atomic E-state index is 0.0310. The molecule has 6 nitrogen and oxygen atoms in total. The maximum Gasteiger partial charge on any atom is 0.168 e. The van der Waals surface area contributed by atoms with Gasteiger partial charge in [-0.2, -0.15) is 0 Å². The summed E-state index contributed by atoms with van der Waals surface area (Å²) in [4.78, 5) is 38.4. The molecule has 0 bridgehead atoms. The number of Topliss-reactive ketones (excluding diaryl/α,β-unsaturated/α-hetero) is 2. The Labute approximate surface area is 190 Å². The first-order valence-corrected chi connectivity index (χ1v) is 12.6. The number of ketones is 2. The van der Waals surface area contributed by atoms with Crippen LogP contribution in [0.15, 0.2) is 0 Å². The van der Waals surface area contributed by atoms with Gasteiger partial charge in [-0.15, -0.1) is 0 Å². The van der Waals surface area contributed by atoms with Crippen molar-refractivity contribution < 1.29 is 29.0 Å². The van der Waals surface area contributed by atoms with Crippen LogP contribution in [0.2, 0.25) is 0 Å². The van der Waals surface area contributed by atoms with Crippen molar-refractivity contribution in [2.75, 3.05) is 13.2 Å². The van der Waals surface area contributed by atoms with Gasteiger partial charge in [-0.3, -0.25) is 9.59 Å². The Hall–Kier alpha value is -1.27. The highest BCUT2D eigenvalue weighted by Crippen LogP contribution is 2.67. The Morgan fingerprint density at radius 2 is 1.81 bits per heavy atom. The van der Waals surface area contributed by atoms with Crippen molar-refractivity contribution in [3.05, 3.63) is 0 Å². The largest absolute Gasteiger partial charge is 0.550 e. The Kier molecular flexibility index (Phi) is 5.37. The monoisotopic (exact) mass is 445 g/mol. The zero-order valence-electron chi connectivity index (χ0n) is 19.7. The molecule has 0 aromatic heterocycles. The summed E-state index contributed by atoms with van der Waals surface area (Å²) in [6, 6.07) is 0. The fourth-order valence-corrected chi connectivity index (χ4v) is 8.85. The van der Waals surface area contributed by atoms with Gasteiger partial charge in [-0.25, -0.2) is 0 Å². The third kappa shape index (κ3) is 3.15. The van der Waals surface area contributed by atoms with Gasteiger partial charge in [0.25, 0.3) is 0 Å².